The number of aromatic amines is 1. The highest BCUT2D eigenvalue weighted by Crippen LogP contribution is 2.25. The lowest BCUT2D eigenvalue weighted by Crippen LogP contribution is -2.27. The van der Waals surface area contributed by atoms with Crippen LogP contribution in [0.5, 0.6) is 0 Å². The van der Waals surface area contributed by atoms with Gasteiger partial charge in [0.25, 0.3) is 0 Å². The third-order valence-electron chi connectivity index (χ3n) is 3.64. The fourth-order valence-corrected chi connectivity index (χ4v) is 2.92. The van der Waals surface area contributed by atoms with Crippen LogP contribution in [0, 0.1) is 0 Å². The Kier molecular flexibility index (Phi) is 3.89. The average molecular weight is 273 g/mol. The second-order valence-corrected chi connectivity index (χ2v) is 5.79. The number of piperidine rings is 1. The van der Waals surface area contributed by atoms with Gasteiger partial charge in [-0.15, -0.1) is 11.8 Å². The fraction of sp³-hybridized carbons (Fsp3) is 0.400. The maximum absolute atomic E-state index is 4.54. The summed E-state index contributed by atoms with van der Waals surface area (Å²) in [6.45, 7) is 1.10. The van der Waals surface area contributed by atoms with Crippen molar-refractivity contribution < 1.29 is 0 Å². The molecule has 0 bridgehead atoms. The van der Waals surface area contributed by atoms with E-state index in [1.54, 1.807) is 11.8 Å². The second-order valence-electron chi connectivity index (χ2n) is 4.91. The first-order valence-electron chi connectivity index (χ1n) is 6.79. The molecule has 1 saturated heterocycles. The highest BCUT2D eigenvalue weighted by Gasteiger charge is 2.17. The molecule has 3 rings (SSSR count). The molecule has 4 heteroatoms. The quantitative estimate of drug-likeness (QED) is 0.839. The van der Waals surface area contributed by atoms with Gasteiger partial charge in [-0.05, 0) is 43.3 Å². The largest absolute Gasteiger partial charge is 0.341 e. The lowest BCUT2D eigenvalue weighted by atomic mass is 10.0. The molecule has 1 aromatic carbocycles. The molecule has 100 valence electrons. The smallest absolute Gasteiger partial charge is 0.123 e. The molecule has 2 aromatic rings. The van der Waals surface area contributed by atoms with Crippen LogP contribution in [0.2, 0.25) is 0 Å². The van der Waals surface area contributed by atoms with Crippen LogP contribution in [0.15, 0.2) is 35.4 Å². The van der Waals surface area contributed by atoms with Gasteiger partial charge < -0.3 is 10.3 Å². The zero-order chi connectivity index (χ0) is 13.1. The molecule has 1 aliphatic rings. The monoisotopic (exact) mass is 273 g/mol. The van der Waals surface area contributed by atoms with E-state index in [2.05, 4.69) is 45.8 Å². The van der Waals surface area contributed by atoms with Crippen LogP contribution in [0.3, 0.4) is 0 Å². The summed E-state index contributed by atoms with van der Waals surface area (Å²) in [5, 5.41) is 3.52. The minimum Gasteiger partial charge on any atom is -0.341 e. The number of aromatic nitrogens is 2. The molecule has 1 fully saturated rings. The Balaban J connectivity index is 1.79. The van der Waals surface area contributed by atoms with Crippen molar-refractivity contribution in [2.24, 2.45) is 0 Å². The fourth-order valence-electron chi connectivity index (χ4n) is 2.52. The number of nitrogens with one attached hydrogen (secondary N) is 2. The molecule has 3 nitrogen and oxygen atoms in total. The van der Waals surface area contributed by atoms with Crippen molar-refractivity contribution >= 4 is 11.8 Å². The Bertz CT molecular complexity index is 527. The van der Waals surface area contributed by atoms with Crippen molar-refractivity contribution in [1.29, 1.82) is 0 Å². The van der Waals surface area contributed by atoms with E-state index in [4.69, 9.17) is 0 Å². The minimum absolute atomic E-state index is 0.396. The molecule has 19 heavy (non-hydrogen) atoms. The lowest BCUT2D eigenvalue weighted by Gasteiger charge is -2.21. The second kappa shape index (κ2) is 5.80. The highest BCUT2D eigenvalue weighted by atomic mass is 32.2. The van der Waals surface area contributed by atoms with Crippen LogP contribution in [-0.2, 0) is 0 Å². The average Bonchev–Trinajstić information content (AvgIpc) is 2.98. The normalized spacial score (nSPS) is 19.5. The standard InChI is InChI=1S/C15H19N3S/c1-19-12-7-5-11(6-8-12)14-10-17-15(18-14)13-4-2-3-9-16-13/h5-8,10,13,16H,2-4,9H2,1H3,(H,17,18). The van der Waals surface area contributed by atoms with Crippen molar-refractivity contribution in [1.82, 2.24) is 15.3 Å². The summed E-state index contributed by atoms with van der Waals surface area (Å²) in [4.78, 5) is 9.28. The van der Waals surface area contributed by atoms with Crippen LogP contribution in [-0.4, -0.2) is 22.8 Å². The van der Waals surface area contributed by atoms with Gasteiger partial charge in [-0.25, -0.2) is 4.98 Å². The zero-order valence-electron chi connectivity index (χ0n) is 11.1. The number of thioether (sulfide) groups is 1. The van der Waals surface area contributed by atoms with Crippen LogP contribution in [0.4, 0.5) is 0 Å². The SMILES string of the molecule is CSc1ccc(-c2cnc(C3CCCCN3)[nH]2)cc1. The van der Waals surface area contributed by atoms with Crippen molar-refractivity contribution in [2.45, 2.75) is 30.2 Å². The van der Waals surface area contributed by atoms with E-state index in [-0.39, 0.29) is 0 Å². The summed E-state index contributed by atoms with van der Waals surface area (Å²) in [6.07, 6.45) is 7.78. The van der Waals surface area contributed by atoms with Crippen LogP contribution in [0.1, 0.15) is 31.1 Å². The van der Waals surface area contributed by atoms with E-state index in [1.165, 1.54) is 29.7 Å². The molecular formula is C15H19N3S. The Labute approximate surface area is 118 Å². The summed E-state index contributed by atoms with van der Waals surface area (Å²) in [5.74, 6) is 1.07. The molecule has 1 unspecified atom stereocenters. The zero-order valence-corrected chi connectivity index (χ0v) is 12.0. The van der Waals surface area contributed by atoms with E-state index < -0.39 is 0 Å². The molecule has 0 saturated carbocycles. The van der Waals surface area contributed by atoms with Crippen LogP contribution in [0.25, 0.3) is 11.3 Å². The molecule has 0 spiro atoms. The van der Waals surface area contributed by atoms with Crippen LogP contribution >= 0.6 is 11.8 Å². The first-order valence-corrected chi connectivity index (χ1v) is 8.02. The van der Waals surface area contributed by atoms with E-state index in [0.29, 0.717) is 6.04 Å². The first-order chi connectivity index (χ1) is 9.36. The molecular weight excluding hydrogens is 254 g/mol. The predicted octanol–water partition coefficient (Wildman–Crippen LogP) is 3.61. The summed E-state index contributed by atoms with van der Waals surface area (Å²) in [6, 6.07) is 9.00. The number of H-pyrrole nitrogens is 1. The van der Waals surface area contributed by atoms with E-state index in [1.807, 2.05) is 6.20 Å². The van der Waals surface area contributed by atoms with Gasteiger partial charge in [0.05, 0.1) is 17.9 Å². The van der Waals surface area contributed by atoms with Crippen molar-refractivity contribution in [3.63, 3.8) is 0 Å². The summed E-state index contributed by atoms with van der Waals surface area (Å²) < 4.78 is 0. The molecule has 2 heterocycles. The maximum atomic E-state index is 4.54. The third kappa shape index (κ3) is 2.85. The number of rotatable bonds is 3. The highest BCUT2D eigenvalue weighted by molar-refractivity contribution is 7.98. The van der Waals surface area contributed by atoms with Crippen molar-refractivity contribution in [3.8, 4) is 11.3 Å². The third-order valence-corrected chi connectivity index (χ3v) is 4.38. The van der Waals surface area contributed by atoms with E-state index in [9.17, 15) is 0 Å². The summed E-state index contributed by atoms with van der Waals surface area (Å²) in [7, 11) is 0. The Hall–Kier alpha value is -1.26. The first kappa shape index (κ1) is 12.8. The number of hydrogen-bond donors (Lipinski definition) is 2. The molecule has 2 N–H and O–H groups in total. The summed E-state index contributed by atoms with van der Waals surface area (Å²) >= 11 is 1.76. The summed E-state index contributed by atoms with van der Waals surface area (Å²) in [5.41, 5.74) is 2.31. The van der Waals surface area contributed by atoms with Gasteiger partial charge >= 0.3 is 0 Å². The molecule has 1 aliphatic heterocycles. The Morgan fingerprint density at radius 1 is 1.21 bits per heavy atom. The van der Waals surface area contributed by atoms with Gasteiger partial charge in [0.1, 0.15) is 5.82 Å². The van der Waals surface area contributed by atoms with Crippen molar-refractivity contribution in [3.05, 3.63) is 36.3 Å². The Morgan fingerprint density at radius 3 is 2.74 bits per heavy atom. The van der Waals surface area contributed by atoms with Gasteiger partial charge in [-0.2, -0.15) is 0 Å². The topological polar surface area (TPSA) is 40.7 Å². The van der Waals surface area contributed by atoms with Gasteiger partial charge in [0, 0.05) is 4.90 Å². The molecule has 0 amide bonds. The van der Waals surface area contributed by atoms with Gasteiger partial charge in [0.15, 0.2) is 0 Å². The van der Waals surface area contributed by atoms with E-state index >= 15 is 0 Å². The van der Waals surface area contributed by atoms with Gasteiger partial charge in [-0.3, -0.25) is 0 Å². The number of nitrogens with zero attached hydrogens (tertiary/aromatic N) is 1. The van der Waals surface area contributed by atoms with E-state index in [0.717, 1.165) is 18.1 Å². The number of imidazole rings is 1. The lowest BCUT2D eigenvalue weighted by molar-refractivity contribution is 0.399. The van der Waals surface area contributed by atoms with Crippen molar-refractivity contribution in [2.75, 3.05) is 12.8 Å². The maximum Gasteiger partial charge on any atom is 0.123 e. The van der Waals surface area contributed by atoms with Gasteiger partial charge in [-0.1, -0.05) is 18.6 Å². The van der Waals surface area contributed by atoms with Gasteiger partial charge in [0.2, 0.25) is 0 Å². The Morgan fingerprint density at radius 2 is 2.05 bits per heavy atom. The molecule has 0 aliphatic carbocycles. The minimum atomic E-state index is 0.396. The molecule has 1 aromatic heterocycles. The number of hydrogen-bond acceptors (Lipinski definition) is 3. The molecule has 1 atom stereocenters. The predicted molar refractivity (Wildman–Crippen MR) is 80.4 cm³/mol. The number of benzene rings is 1. The molecule has 0 radical (unpaired) electrons. The van der Waals surface area contributed by atoms with Crippen LogP contribution < -0.4 is 5.32 Å².